The van der Waals surface area contributed by atoms with Crippen LogP contribution in [0, 0.1) is 11.6 Å². The molecule has 0 unspecified atom stereocenters. The Balaban J connectivity index is 1.24. The molecule has 0 atom stereocenters. The predicted octanol–water partition coefficient (Wildman–Crippen LogP) is 6.60. The first-order chi connectivity index (χ1) is 16.4. The van der Waals surface area contributed by atoms with Crippen molar-refractivity contribution in [2.24, 2.45) is 0 Å². The van der Waals surface area contributed by atoms with Crippen LogP contribution in [0.5, 0.6) is 0 Å². The Morgan fingerprint density at radius 3 is 1.88 bits per heavy atom. The average molecular weight is 530 g/mol. The largest absolute Gasteiger partial charge is 0.385 e. The van der Waals surface area contributed by atoms with Crippen molar-refractivity contribution in [3.8, 4) is 0 Å². The molecule has 0 bridgehead atoms. The highest BCUT2D eigenvalue weighted by Gasteiger charge is 2.33. The van der Waals surface area contributed by atoms with Gasteiger partial charge >= 0.3 is 0 Å². The van der Waals surface area contributed by atoms with Crippen LogP contribution < -0.4 is 0 Å². The number of unbranched alkanes of at least 4 members (excludes halogenated alkanes) is 1. The molecule has 1 aliphatic heterocycles. The summed E-state index contributed by atoms with van der Waals surface area (Å²) in [6, 6.07) is 20.5. The highest BCUT2D eigenvalue weighted by atomic mass is 79.9. The molecule has 3 aromatic carbocycles. The Morgan fingerprint density at radius 1 is 0.824 bits per heavy atom. The van der Waals surface area contributed by atoms with E-state index >= 15 is 0 Å². The number of piperidine rings is 1. The maximum Gasteiger partial charge on any atom is 0.123 e. The minimum absolute atomic E-state index is 0.296. The highest BCUT2D eigenvalue weighted by Crippen LogP contribution is 2.33. The van der Waals surface area contributed by atoms with Gasteiger partial charge in [-0.1, -0.05) is 52.3 Å². The second kappa shape index (κ2) is 11.5. The quantitative estimate of drug-likeness (QED) is 0.317. The van der Waals surface area contributed by atoms with Gasteiger partial charge in [-0.15, -0.1) is 0 Å². The molecule has 4 rings (SSSR count). The van der Waals surface area contributed by atoms with Crippen molar-refractivity contribution in [3.05, 3.63) is 106 Å². The van der Waals surface area contributed by atoms with E-state index in [1.165, 1.54) is 24.3 Å². The van der Waals surface area contributed by atoms with Gasteiger partial charge in [-0.3, -0.25) is 0 Å². The standard InChI is InChI=1S/C28H30BrF2NO2/c29-24-9-7-23(8-10-24)28(33)15-18-32(19-16-28)17-1-2-20-34-27(21-3-11-25(30)12-4-21)22-5-13-26(31)14-6-22/h3-14,27,33H,1-2,15-20H2. The van der Waals surface area contributed by atoms with E-state index < -0.39 is 5.60 Å². The van der Waals surface area contributed by atoms with Crippen LogP contribution >= 0.6 is 15.9 Å². The van der Waals surface area contributed by atoms with E-state index in [0.717, 1.165) is 66.5 Å². The third-order valence-electron chi connectivity index (χ3n) is 6.56. The second-order valence-electron chi connectivity index (χ2n) is 8.94. The van der Waals surface area contributed by atoms with Crippen molar-refractivity contribution in [1.82, 2.24) is 4.90 Å². The van der Waals surface area contributed by atoms with Crippen molar-refractivity contribution in [1.29, 1.82) is 0 Å². The fraction of sp³-hybridized carbons (Fsp3) is 0.357. The zero-order valence-electron chi connectivity index (χ0n) is 19.1. The number of rotatable bonds is 9. The first-order valence-electron chi connectivity index (χ1n) is 11.8. The zero-order chi connectivity index (χ0) is 24.0. The molecule has 1 fully saturated rings. The normalized spacial score (nSPS) is 16.1. The first kappa shape index (κ1) is 25.0. The SMILES string of the molecule is OC1(c2ccc(Br)cc2)CCN(CCCCOC(c2ccc(F)cc2)c2ccc(F)cc2)CC1. The van der Waals surface area contributed by atoms with E-state index in [4.69, 9.17) is 4.74 Å². The summed E-state index contributed by atoms with van der Waals surface area (Å²) in [5.41, 5.74) is 1.92. The summed E-state index contributed by atoms with van der Waals surface area (Å²) in [6.45, 7) is 3.23. The molecule has 0 aromatic heterocycles. The van der Waals surface area contributed by atoms with E-state index in [1.807, 2.05) is 24.3 Å². The molecule has 180 valence electrons. The summed E-state index contributed by atoms with van der Waals surface area (Å²) in [5, 5.41) is 11.1. The van der Waals surface area contributed by atoms with Crippen LogP contribution in [-0.4, -0.2) is 36.2 Å². The molecule has 34 heavy (non-hydrogen) atoms. The highest BCUT2D eigenvalue weighted by molar-refractivity contribution is 9.10. The van der Waals surface area contributed by atoms with E-state index in [-0.39, 0.29) is 17.7 Å². The zero-order valence-corrected chi connectivity index (χ0v) is 20.7. The number of aliphatic hydroxyl groups is 1. The molecule has 0 amide bonds. The van der Waals surface area contributed by atoms with Gasteiger partial charge in [0.1, 0.15) is 17.7 Å². The van der Waals surface area contributed by atoms with Crippen LogP contribution in [-0.2, 0) is 10.3 Å². The summed E-state index contributed by atoms with van der Waals surface area (Å²) in [4.78, 5) is 2.39. The van der Waals surface area contributed by atoms with Crippen LogP contribution in [0.2, 0.25) is 0 Å². The molecule has 0 spiro atoms. The number of nitrogens with zero attached hydrogens (tertiary/aromatic N) is 1. The molecule has 3 nitrogen and oxygen atoms in total. The molecule has 0 aliphatic carbocycles. The number of benzene rings is 3. The molecular weight excluding hydrogens is 500 g/mol. The number of halogens is 3. The summed E-state index contributed by atoms with van der Waals surface area (Å²) in [7, 11) is 0. The molecule has 1 N–H and O–H groups in total. The van der Waals surface area contributed by atoms with Gasteiger partial charge in [-0.2, -0.15) is 0 Å². The van der Waals surface area contributed by atoms with Crippen LogP contribution in [0.25, 0.3) is 0 Å². The first-order valence-corrected chi connectivity index (χ1v) is 12.6. The van der Waals surface area contributed by atoms with E-state index in [2.05, 4.69) is 20.8 Å². The number of hydrogen-bond donors (Lipinski definition) is 1. The maximum atomic E-state index is 13.4. The van der Waals surface area contributed by atoms with Crippen molar-refractivity contribution < 1.29 is 18.6 Å². The van der Waals surface area contributed by atoms with E-state index in [1.54, 1.807) is 24.3 Å². The summed E-state index contributed by atoms with van der Waals surface area (Å²) >= 11 is 3.45. The van der Waals surface area contributed by atoms with Gasteiger partial charge in [0.15, 0.2) is 0 Å². The fourth-order valence-corrected chi connectivity index (χ4v) is 4.76. The summed E-state index contributed by atoms with van der Waals surface area (Å²) in [6.07, 6.45) is 2.95. The van der Waals surface area contributed by atoms with Crippen molar-refractivity contribution >= 4 is 15.9 Å². The monoisotopic (exact) mass is 529 g/mol. The topological polar surface area (TPSA) is 32.7 Å². The molecular formula is C28H30BrF2NO2. The number of hydrogen-bond acceptors (Lipinski definition) is 3. The molecule has 0 saturated carbocycles. The Labute approximate surface area is 208 Å². The van der Waals surface area contributed by atoms with Crippen molar-refractivity contribution in [2.45, 2.75) is 37.4 Å². The molecule has 1 saturated heterocycles. The van der Waals surface area contributed by atoms with Gasteiger partial charge in [0.25, 0.3) is 0 Å². The van der Waals surface area contributed by atoms with Gasteiger partial charge in [0.05, 0.1) is 5.60 Å². The van der Waals surface area contributed by atoms with E-state index in [0.29, 0.717) is 6.61 Å². The Kier molecular flexibility index (Phi) is 8.48. The smallest absolute Gasteiger partial charge is 0.123 e. The van der Waals surface area contributed by atoms with Gasteiger partial charge < -0.3 is 14.7 Å². The van der Waals surface area contributed by atoms with Crippen molar-refractivity contribution in [3.63, 3.8) is 0 Å². The summed E-state index contributed by atoms with van der Waals surface area (Å²) in [5.74, 6) is -0.592. The maximum absolute atomic E-state index is 13.4. The van der Waals surface area contributed by atoms with Crippen LogP contribution in [0.4, 0.5) is 8.78 Å². The van der Waals surface area contributed by atoms with Crippen LogP contribution in [0.3, 0.4) is 0 Å². The Hall–Kier alpha value is -2.12. The number of ether oxygens (including phenoxy) is 1. The van der Waals surface area contributed by atoms with Crippen LogP contribution in [0.1, 0.15) is 48.5 Å². The lowest BCUT2D eigenvalue weighted by molar-refractivity contribution is -0.0266. The fourth-order valence-electron chi connectivity index (χ4n) is 4.49. The molecule has 0 radical (unpaired) electrons. The van der Waals surface area contributed by atoms with Gasteiger partial charge in [0, 0.05) is 24.2 Å². The lowest BCUT2D eigenvalue weighted by atomic mass is 9.84. The minimum atomic E-state index is -0.752. The predicted molar refractivity (Wildman–Crippen MR) is 134 cm³/mol. The lowest BCUT2D eigenvalue weighted by Gasteiger charge is -2.38. The number of likely N-dealkylation sites (tertiary alicyclic amines) is 1. The minimum Gasteiger partial charge on any atom is -0.385 e. The third-order valence-corrected chi connectivity index (χ3v) is 7.09. The molecule has 1 aliphatic rings. The van der Waals surface area contributed by atoms with Gasteiger partial charge in [0.2, 0.25) is 0 Å². The lowest BCUT2D eigenvalue weighted by Crippen LogP contribution is -2.42. The Morgan fingerprint density at radius 2 is 1.35 bits per heavy atom. The average Bonchev–Trinajstić information content (AvgIpc) is 2.84. The van der Waals surface area contributed by atoms with Gasteiger partial charge in [-0.25, -0.2) is 8.78 Å². The van der Waals surface area contributed by atoms with Crippen molar-refractivity contribution in [2.75, 3.05) is 26.2 Å². The van der Waals surface area contributed by atoms with Crippen LogP contribution in [0.15, 0.2) is 77.3 Å². The van der Waals surface area contributed by atoms with E-state index in [9.17, 15) is 13.9 Å². The molecule has 1 heterocycles. The second-order valence-corrected chi connectivity index (χ2v) is 9.86. The Bertz CT molecular complexity index is 988. The molecule has 6 heteroatoms. The van der Waals surface area contributed by atoms with Gasteiger partial charge in [-0.05, 0) is 85.3 Å². The summed E-state index contributed by atoms with van der Waals surface area (Å²) < 4.78 is 34.0. The molecule has 3 aromatic rings. The third kappa shape index (κ3) is 6.51.